The van der Waals surface area contributed by atoms with Crippen LogP contribution < -0.4 is 5.32 Å². The second-order valence-electron chi connectivity index (χ2n) is 12.3. The first-order valence-electron chi connectivity index (χ1n) is 13.2. The third-order valence-electron chi connectivity index (χ3n) is 10.7. The van der Waals surface area contributed by atoms with Crippen LogP contribution >= 0.6 is 0 Å². The minimum absolute atomic E-state index is 0.0254. The minimum Gasteiger partial charge on any atom is -0.393 e. The maximum atomic E-state index is 12.1. The number of amides is 1. The van der Waals surface area contributed by atoms with Gasteiger partial charge in [0, 0.05) is 12.0 Å². The molecule has 0 heterocycles. The van der Waals surface area contributed by atoms with Gasteiger partial charge in [0.15, 0.2) is 0 Å². The molecule has 0 aromatic heterocycles. The predicted molar refractivity (Wildman–Crippen MR) is 132 cm³/mol. The lowest BCUT2D eigenvalue weighted by molar-refractivity contribution is -0.206. The first-order valence-corrected chi connectivity index (χ1v) is 14.8. The molecule has 0 bridgehead atoms. The lowest BCUT2D eigenvalue weighted by Gasteiger charge is -2.63. The molecule has 0 saturated heterocycles. The fraction of sp³-hybridized carbons (Fsp3) is 0.885. The lowest BCUT2D eigenvalue weighted by atomic mass is 9.43. The van der Waals surface area contributed by atoms with E-state index in [1.165, 1.54) is 6.08 Å². The SMILES string of the molecule is CC(C=CC(=O)NCCS(=O)(=O)O)C1CCC2C3C(O)CC4CC(O)CCC4(C)C3CC(O)C12C. The van der Waals surface area contributed by atoms with Crippen LogP contribution in [0.15, 0.2) is 12.2 Å². The van der Waals surface area contributed by atoms with Crippen molar-refractivity contribution in [2.24, 2.45) is 46.3 Å². The number of allylic oxidation sites excluding steroid dienone is 1. The molecule has 5 N–H and O–H groups in total. The maximum Gasteiger partial charge on any atom is 0.266 e. The first-order chi connectivity index (χ1) is 16.3. The summed E-state index contributed by atoms with van der Waals surface area (Å²) in [5, 5.41) is 35.7. The second kappa shape index (κ2) is 9.71. The van der Waals surface area contributed by atoms with Crippen molar-refractivity contribution >= 4 is 16.0 Å². The standard InChI is InChI=1S/C26H43NO7S/c1-15(4-7-23(31)27-10-11-35(32,33)34)18-5-6-19-24-20(14-22(30)26(18,19)3)25(2)9-8-17(28)12-16(25)13-21(24)29/h4,7,15-22,24,28-30H,5-6,8-14H2,1-3H3,(H,27,31)(H,32,33,34). The fourth-order valence-corrected chi connectivity index (χ4v) is 9.16. The van der Waals surface area contributed by atoms with E-state index in [2.05, 4.69) is 26.1 Å². The van der Waals surface area contributed by atoms with Crippen LogP contribution in [0.1, 0.15) is 65.7 Å². The average Bonchev–Trinajstić information content (AvgIpc) is 3.12. The summed E-state index contributed by atoms with van der Waals surface area (Å²) in [4.78, 5) is 12.1. The molecule has 0 aromatic rings. The molecular formula is C26H43NO7S. The summed E-state index contributed by atoms with van der Waals surface area (Å²) in [6, 6.07) is 0. The van der Waals surface area contributed by atoms with Crippen LogP contribution in [0.3, 0.4) is 0 Å². The smallest absolute Gasteiger partial charge is 0.266 e. The average molecular weight is 514 g/mol. The van der Waals surface area contributed by atoms with Crippen LogP contribution in [0, 0.1) is 46.3 Å². The number of carbonyl (C=O) groups is 1. The molecule has 4 rings (SSSR count). The molecule has 0 spiro atoms. The molecule has 200 valence electrons. The van der Waals surface area contributed by atoms with Gasteiger partial charge >= 0.3 is 0 Å². The van der Waals surface area contributed by atoms with Crippen molar-refractivity contribution in [3.05, 3.63) is 12.2 Å². The largest absolute Gasteiger partial charge is 0.393 e. The van der Waals surface area contributed by atoms with E-state index in [0.717, 1.165) is 38.5 Å². The molecule has 0 aromatic carbocycles. The zero-order valence-electron chi connectivity index (χ0n) is 21.1. The summed E-state index contributed by atoms with van der Waals surface area (Å²) in [5.41, 5.74) is -0.320. The topological polar surface area (TPSA) is 144 Å². The van der Waals surface area contributed by atoms with Gasteiger partial charge in [-0.2, -0.15) is 8.42 Å². The zero-order valence-corrected chi connectivity index (χ0v) is 22.0. The Balaban J connectivity index is 1.48. The van der Waals surface area contributed by atoms with E-state index in [9.17, 15) is 28.5 Å². The van der Waals surface area contributed by atoms with E-state index in [1.807, 2.05) is 6.08 Å². The Kier molecular flexibility index (Phi) is 7.50. The molecule has 35 heavy (non-hydrogen) atoms. The number of nitrogens with one attached hydrogen (secondary N) is 1. The molecule has 0 radical (unpaired) electrons. The normalized spacial score (nSPS) is 46.5. The number of aliphatic hydroxyl groups excluding tert-OH is 3. The van der Waals surface area contributed by atoms with Gasteiger partial charge in [-0.1, -0.05) is 26.8 Å². The van der Waals surface area contributed by atoms with Gasteiger partial charge in [0.05, 0.1) is 24.1 Å². The number of aliphatic hydroxyl groups is 3. The highest BCUT2D eigenvalue weighted by molar-refractivity contribution is 7.85. The van der Waals surface area contributed by atoms with Gasteiger partial charge in [-0.05, 0) is 91.9 Å². The van der Waals surface area contributed by atoms with Gasteiger partial charge in [-0.25, -0.2) is 0 Å². The highest BCUT2D eigenvalue weighted by Gasteiger charge is 2.65. The van der Waals surface area contributed by atoms with Gasteiger partial charge in [0.25, 0.3) is 10.1 Å². The molecule has 11 atom stereocenters. The molecule has 4 saturated carbocycles. The number of hydrogen-bond donors (Lipinski definition) is 5. The van der Waals surface area contributed by atoms with Crippen molar-refractivity contribution in [3.8, 4) is 0 Å². The summed E-state index contributed by atoms with van der Waals surface area (Å²) in [6.07, 6.45) is 7.78. The molecule has 11 unspecified atom stereocenters. The van der Waals surface area contributed by atoms with Crippen molar-refractivity contribution in [2.75, 3.05) is 12.3 Å². The van der Waals surface area contributed by atoms with Crippen LogP contribution in [0.4, 0.5) is 0 Å². The Morgan fingerprint density at radius 2 is 1.80 bits per heavy atom. The molecule has 4 aliphatic carbocycles. The Hall–Kier alpha value is -1.00. The molecule has 4 fully saturated rings. The molecular weight excluding hydrogens is 470 g/mol. The maximum absolute atomic E-state index is 12.1. The number of hydrogen-bond acceptors (Lipinski definition) is 6. The zero-order chi connectivity index (χ0) is 25.8. The Morgan fingerprint density at radius 1 is 1.09 bits per heavy atom. The van der Waals surface area contributed by atoms with Crippen LogP contribution in [-0.2, 0) is 14.9 Å². The second-order valence-corrected chi connectivity index (χ2v) is 13.9. The summed E-state index contributed by atoms with van der Waals surface area (Å²) in [5.74, 6) is 0.136. The number of carbonyl (C=O) groups excluding carboxylic acids is 1. The molecule has 1 amide bonds. The van der Waals surface area contributed by atoms with Crippen molar-refractivity contribution in [1.82, 2.24) is 5.32 Å². The van der Waals surface area contributed by atoms with Gasteiger partial charge in [0.1, 0.15) is 0 Å². The van der Waals surface area contributed by atoms with Crippen molar-refractivity contribution in [1.29, 1.82) is 0 Å². The summed E-state index contributed by atoms with van der Waals surface area (Å²) in [7, 11) is -4.12. The van der Waals surface area contributed by atoms with Crippen molar-refractivity contribution in [2.45, 2.75) is 84.0 Å². The molecule has 8 nitrogen and oxygen atoms in total. The lowest BCUT2D eigenvalue weighted by Crippen LogP contribution is -2.62. The first kappa shape index (κ1) is 27.0. The summed E-state index contributed by atoms with van der Waals surface area (Å²) >= 11 is 0. The minimum atomic E-state index is -4.12. The van der Waals surface area contributed by atoms with Gasteiger partial charge < -0.3 is 20.6 Å². The van der Waals surface area contributed by atoms with E-state index in [0.29, 0.717) is 6.42 Å². The summed E-state index contributed by atoms with van der Waals surface area (Å²) in [6.45, 7) is 6.38. The number of rotatable bonds is 6. The van der Waals surface area contributed by atoms with Gasteiger partial charge in [-0.15, -0.1) is 0 Å². The Bertz CT molecular complexity index is 938. The Labute approximate surface area is 209 Å². The summed E-state index contributed by atoms with van der Waals surface area (Å²) < 4.78 is 30.4. The third kappa shape index (κ3) is 4.96. The van der Waals surface area contributed by atoms with Crippen molar-refractivity contribution < 1.29 is 33.1 Å². The highest BCUT2D eigenvalue weighted by Crippen LogP contribution is 2.68. The molecule has 0 aliphatic heterocycles. The van der Waals surface area contributed by atoms with E-state index < -0.39 is 34.0 Å². The predicted octanol–water partition coefficient (Wildman–Crippen LogP) is 2.14. The van der Waals surface area contributed by atoms with E-state index >= 15 is 0 Å². The van der Waals surface area contributed by atoms with Gasteiger partial charge in [0.2, 0.25) is 5.91 Å². The monoisotopic (exact) mass is 513 g/mol. The number of fused-ring (bicyclic) bond motifs is 5. The molecule has 9 heteroatoms. The van der Waals surface area contributed by atoms with Crippen LogP contribution in [0.2, 0.25) is 0 Å². The van der Waals surface area contributed by atoms with Gasteiger partial charge in [-0.3, -0.25) is 9.35 Å². The van der Waals surface area contributed by atoms with E-state index in [-0.39, 0.29) is 59.0 Å². The van der Waals surface area contributed by atoms with E-state index in [4.69, 9.17) is 4.55 Å². The fourth-order valence-electron chi connectivity index (χ4n) is 8.80. The Morgan fingerprint density at radius 3 is 2.49 bits per heavy atom. The van der Waals surface area contributed by atoms with E-state index in [1.54, 1.807) is 0 Å². The van der Waals surface area contributed by atoms with Crippen molar-refractivity contribution in [3.63, 3.8) is 0 Å². The van der Waals surface area contributed by atoms with Crippen LogP contribution in [-0.4, -0.2) is 64.8 Å². The van der Waals surface area contributed by atoms with Crippen LogP contribution in [0.5, 0.6) is 0 Å². The highest BCUT2D eigenvalue weighted by atomic mass is 32.2. The quantitative estimate of drug-likeness (QED) is 0.270. The third-order valence-corrected chi connectivity index (χ3v) is 11.4. The molecule has 4 aliphatic rings. The van der Waals surface area contributed by atoms with Crippen LogP contribution in [0.25, 0.3) is 0 Å².